The van der Waals surface area contributed by atoms with E-state index in [1.54, 1.807) is 12.1 Å². The average Bonchev–Trinajstić information content (AvgIpc) is 2.37. The zero-order chi connectivity index (χ0) is 13.4. The molecule has 3 N–H and O–H groups in total. The molecule has 1 aromatic carbocycles. The minimum absolute atomic E-state index is 0.205. The number of rotatable bonds is 5. The molecule has 0 spiro atoms. The highest BCUT2D eigenvalue weighted by Crippen LogP contribution is 2.09. The van der Waals surface area contributed by atoms with Crippen molar-refractivity contribution in [3.8, 4) is 11.8 Å². The summed E-state index contributed by atoms with van der Waals surface area (Å²) in [5.74, 6) is 5.53. The maximum Gasteiger partial charge on any atom is 0.240 e. The molecule has 0 amide bonds. The van der Waals surface area contributed by atoms with Gasteiger partial charge in [-0.1, -0.05) is 11.8 Å². The van der Waals surface area contributed by atoms with Gasteiger partial charge in [0, 0.05) is 19.2 Å². The van der Waals surface area contributed by atoms with Crippen molar-refractivity contribution in [2.24, 2.45) is 5.73 Å². The van der Waals surface area contributed by atoms with E-state index in [4.69, 9.17) is 10.5 Å². The highest BCUT2D eigenvalue weighted by molar-refractivity contribution is 7.89. The van der Waals surface area contributed by atoms with Gasteiger partial charge in [-0.15, -0.1) is 0 Å². The van der Waals surface area contributed by atoms with Crippen LogP contribution in [0.5, 0.6) is 0 Å². The van der Waals surface area contributed by atoms with Crippen molar-refractivity contribution >= 4 is 10.0 Å². The molecule has 0 aliphatic heterocycles. The number of sulfonamides is 1. The van der Waals surface area contributed by atoms with E-state index in [9.17, 15) is 8.42 Å². The smallest absolute Gasteiger partial charge is 0.240 e. The Balaban J connectivity index is 2.78. The number of nitrogens with two attached hydrogens (primary N) is 1. The van der Waals surface area contributed by atoms with Crippen LogP contribution in [-0.4, -0.2) is 35.2 Å². The predicted molar refractivity (Wildman–Crippen MR) is 69.4 cm³/mol. The SMILES string of the molecule is COCCNS(=O)(=O)c1ccc(C#CCN)cc1. The van der Waals surface area contributed by atoms with Crippen LogP contribution >= 0.6 is 0 Å². The van der Waals surface area contributed by atoms with Crippen LogP contribution in [0.4, 0.5) is 0 Å². The summed E-state index contributed by atoms with van der Waals surface area (Å²) < 4.78 is 30.8. The third-order valence-electron chi connectivity index (χ3n) is 2.10. The highest BCUT2D eigenvalue weighted by Gasteiger charge is 2.12. The lowest BCUT2D eigenvalue weighted by Crippen LogP contribution is -2.27. The Bertz CT molecular complexity index is 527. The fraction of sp³-hybridized carbons (Fsp3) is 0.333. The van der Waals surface area contributed by atoms with E-state index in [2.05, 4.69) is 16.6 Å². The Morgan fingerprint density at radius 1 is 1.33 bits per heavy atom. The number of ether oxygens (including phenoxy) is 1. The van der Waals surface area contributed by atoms with Crippen molar-refractivity contribution < 1.29 is 13.2 Å². The standard InChI is InChI=1S/C12H16N2O3S/c1-17-10-9-14-18(15,16)12-6-4-11(5-7-12)3-2-8-13/h4-7,14H,8-10,13H2,1H3. The Labute approximate surface area is 107 Å². The molecule has 0 aromatic heterocycles. The molecule has 0 aliphatic carbocycles. The predicted octanol–water partition coefficient (Wildman–Crippen LogP) is -0.0785. The van der Waals surface area contributed by atoms with Crippen LogP contribution in [0.25, 0.3) is 0 Å². The molecular weight excluding hydrogens is 252 g/mol. The van der Waals surface area contributed by atoms with E-state index in [0.717, 1.165) is 5.56 Å². The minimum Gasteiger partial charge on any atom is -0.383 e. The summed E-state index contributed by atoms with van der Waals surface area (Å²) >= 11 is 0. The van der Waals surface area contributed by atoms with Crippen LogP contribution in [0.3, 0.4) is 0 Å². The van der Waals surface area contributed by atoms with Gasteiger partial charge in [0.25, 0.3) is 0 Å². The molecule has 0 heterocycles. The summed E-state index contributed by atoms with van der Waals surface area (Å²) in [6.07, 6.45) is 0. The van der Waals surface area contributed by atoms with Crippen LogP contribution in [0.15, 0.2) is 29.2 Å². The Hall–Kier alpha value is -1.39. The van der Waals surface area contributed by atoms with E-state index in [1.807, 2.05) is 0 Å². The number of hydrogen-bond acceptors (Lipinski definition) is 4. The zero-order valence-electron chi connectivity index (χ0n) is 10.1. The summed E-state index contributed by atoms with van der Waals surface area (Å²) in [5.41, 5.74) is 5.98. The monoisotopic (exact) mass is 268 g/mol. The molecule has 5 nitrogen and oxygen atoms in total. The van der Waals surface area contributed by atoms with Crippen molar-refractivity contribution in [1.82, 2.24) is 4.72 Å². The molecule has 98 valence electrons. The van der Waals surface area contributed by atoms with Gasteiger partial charge < -0.3 is 10.5 Å². The summed E-state index contributed by atoms with van der Waals surface area (Å²) in [6.45, 7) is 0.853. The van der Waals surface area contributed by atoms with Crippen molar-refractivity contribution in [3.05, 3.63) is 29.8 Å². The first-order chi connectivity index (χ1) is 8.60. The molecule has 0 atom stereocenters. The second-order valence-corrected chi connectivity index (χ2v) is 5.19. The van der Waals surface area contributed by atoms with Gasteiger partial charge >= 0.3 is 0 Å². The second-order valence-electron chi connectivity index (χ2n) is 3.42. The maximum absolute atomic E-state index is 11.8. The molecule has 0 radical (unpaired) electrons. The van der Waals surface area contributed by atoms with Gasteiger partial charge in [0.15, 0.2) is 0 Å². The number of nitrogens with one attached hydrogen (secondary N) is 1. The average molecular weight is 268 g/mol. The van der Waals surface area contributed by atoms with E-state index in [1.165, 1.54) is 19.2 Å². The van der Waals surface area contributed by atoms with Gasteiger partial charge in [0.2, 0.25) is 10.0 Å². The molecule has 0 unspecified atom stereocenters. The highest BCUT2D eigenvalue weighted by atomic mass is 32.2. The van der Waals surface area contributed by atoms with E-state index in [-0.39, 0.29) is 18.0 Å². The normalized spacial score (nSPS) is 10.8. The third-order valence-corrected chi connectivity index (χ3v) is 3.57. The van der Waals surface area contributed by atoms with Gasteiger partial charge in [0.05, 0.1) is 18.0 Å². The minimum atomic E-state index is -3.47. The topological polar surface area (TPSA) is 81.4 Å². The second kappa shape index (κ2) is 7.13. The summed E-state index contributed by atoms with van der Waals surface area (Å²) in [6, 6.07) is 6.31. The van der Waals surface area contributed by atoms with Gasteiger partial charge in [-0.25, -0.2) is 13.1 Å². The van der Waals surface area contributed by atoms with Crippen LogP contribution in [0.2, 0.25) is 0 Å². The largest absolute Gasteiger partial charge is 0.383 e. The molecule has 1 aromatic rings. The van der Waals surface area contributed by atoms with Crippen molar-refractivity contribution in [2.45, 2.75) is 4.90 Å². The molecular formula is C12H16N2O3S. The summed E-state index contributed by atoms with van der Waals surface area (Å²) in [5, 5.41) is 0. The molecule has 6 heteroatoms. The lowest BCUT2D eigenvalue weighted by Gasteiger charge is -2.05. The summed E-state index contributed by atoms with van der Waals surface area (Å²) in [7, 11) is -1.96. The lowest BCUT2D eigenvalue weighted by molar-refractivity contribution is 0.204. The number of hydrogen-bond donors (Lipinski definition) is 2. The Morgan fingerprint density at radius 2 is 2.00 bits per heavy atom. The molecule has 0 saturated heterocycles. The zero-order valence-corrected chi connectivity index (χ0v) is 11.0. The Kier molecular flexibility index (Phi) is 5.82. The van der Waals surface area contributed by atoms with E-state index in [0.29, 0.717) is 6.61 Å². The Morgan fingerprint density at radius 3 is 2.56 bits per heavy atom. The first-order valence-corrected chi connectivity index (χ1v) is 6.86. The maximum atomic E-state index is 11.8. The van der Waals surface area contributed by atoms with Crippen LogP contribution < -0.4 is 10.5 Å². The first kappa shape index (κ1) is 14.7. The van der Waals surface area contributed by atoms with Crippen LogP contribution in [0, 0.1) is 11.8 Å². The fourth-order valence-electron chi connectivity index (χ4n) is 1.23. The summed E-state index contributed by atoms with van der Waals surface area (Å²) in [4.78, 5) is 0.205. The number of methoxy groups -OCH3 is 1. The number of benzene rings is 1. The van der Waals surface area contributed by atoms with E-state index >= 15 is 0 Å². The quantitative estimate of drug-likeness (QED) is 0.578. The van der Waals surface area contributed by atoms with Crippen LogP contribution in [0.1, 0.15) is 5.56 Å². The lowest BCUT2D eigenvalue weighted by atomic mass is 10.2. The molecule has 1 rings (SSSR count). The van der Waals surface area contributed by atoms with E-state index < -0.39 is 10.0 Å². The van der Waals surface area contributed by atoms with Crippen molar-refractivity contribution in [1.29, 1.82) is 0 Å². The van der Waals surface area contributed by atoms with Gasteiger partial charge in [-0.2, -0.15) is 0 Å². The van der Waals surface area contributed by atoms with Crippen molar-refractivity contribution in [2.75, 3.05) is 26.8 Å². The third kappa shape index (κ3) is 4.47. The first-order valence-electron chi connectivity index (χ1n) is 5.38. The molecule has 18 heavy (non-hydrogen) atoms. The molecule has 0 fully saturated rings. The van der Waals surface area contributed by atoms with Gasteiger partial charge in [-0.3, -0.25) is 0 Å². The fourth-order valence-corrected chi connectivity index (χ4v) is 2.25. The van der Waals surface area contributed by atoms with Gasteiger partial charge in [-0.05, 0) is 24.3 Å². The molecule has 0 bridgehead atoms. The van der Waals surface area contributed by atoms with Crippen molar-refractivity contribution in [3.63, 3.8) is 0 Å². The van der Waals surface area contributed by atoms with Gasteiger partial charge in [0.1, 0.15) is 0 Å². The molecule has 0 saturated carbocycles. The van der Waals surface area contributed by atoms with Crippen LogP contribution in [-0.2, 0) is 14.8 Å². The molecule has 0 aliphatic rings.